The Balaban J connectivity index is 1.40. The lowest BCUT2D eigenvalue weighted by Gasteiger charge is -2.35. The van der Waals surface area contributed by atoms with Crippen LogP contribution >= 0.6 is 0 Å². The Labute approximate surface area is 176 Å². The van der Waals surface area contributed by atoms with Gasteiger partial charge in [-0.3, -0.25) is 4.79 Å². The van der Waals surface area contributed by atoms with E-state index in [0.29, 0.717) is 18.8 Å². The minimum absolute atomic E-state index is 0.139. The monoisotopic (exact) mass is 424 g/mol. The molecule has 1 heterocycles. The molecular weight excluding hydrogens is 400 g/mol. The SMILES string of the molecule is C[C@H](Oc1cccc2ccccc12)C(=O)N1CCN(S(=O)(=O)c2ccccc2)CC1. The van der Waals surface area contributed by atoms with Crippen LogP contribution in [0.15, 0.2) is 77.7 Å². The molecule has 7 heteroatoms. The molecule has 1 fully saturated rings. The zero-order chi connectivity index (χ0) is 21.1. The third kappa shape index (κ3) is 4.04. The molecule has 1 saturated heterocycles. The summed E-state index contributed by atoms with van der Waals surface area (Å²) in [5.41, 5.74) is 0. The van der Waals surface area contributed by atoms with E-state index in [2.05, 4.69) is 0 Å². The molecule has 1 amide bonds. The van der Waals surface area contributed by atoms with Gasteiger partial charge in [-0.05, 0) is 30.5 Å². The van der Waals surface area contributed by atoms with Crippen LogP contribution in [-0.2, 0) is 14.8 Å². The number of amides is 1. The lowest BCUT2D eigenvalue weighted by Crippen LogP contribution is -2.53. The predicted molar refractivity (Wildman–Crippen MR) is 116 cm³/mol. The van der Waals surface area contributed by atoms with Gasteiger partial charge in [-0.2, -0.15) is 4.31 Å². The molecular formula is C23H24N2O4S. The summed E-state index contributed by atoms with van der Waals surface area (Å²) in [6.45, 7) is 2.95. The standard InChI is InChI=1S/C23H24N2O4S/c1-18(29-22-13-7-9-19-8-5-6-12-21(19)22)23(26)24-14-16-25(17-15-24)30(27,28)20-10-3-2-4-11-20/h2-13,18H,14-17H2,1H3/t18-/m0/s1. The Morgan fingerprint density at radius 2 is 1.50 bits per heavy atom. The first-order chi connectivity index (χ1) is 14.5. The quantitative estimate of drug-likeness (QED) is 0.631. The number of hydrogen-bond acceptors (Lipinski definition) is 4. The number of nitrogens with zero attached hydrogens (tertiary/aromatic N) is 2. The molecule has 1 aliphatic rings. The number of benzene rings is 3. The van der Waals surface area contributed by atoms with Crippen LogP contribution in [0, 0.1) is 0 Å². The van der Waals surface area contributed by atoms with Gasteiger partial charge in [0.25, 0.3) is 5.91 Å². The fourth-order valence-electron chi connectivity index (χ4n) is 3.69. The van der Waals surface area contributed by atoms with E-state index in [0.717, 1.165) is 10.8 Å². The molecule has 0 N–H and O–H groups in total. The highest BCUT2D eigenvalue weighted by molar-refractivity contribution is 7.89. The molecule has 0 aliphatic carbocycles. The van der Waals surface area contributed by atoms with Crippen molar-refractivity contribution in [3.8, 4) is 5.75 Å². The molecule has 0 aromatic heterocycles. The lowest BCUT2D eigenvalue weighted by atomic mass is 10.1. The van der Waals surface area contributed by atoms with Gasteiger partial charge < -0.3 is 9.64 Å². The molecule has 156 valence electrons. The maximum atomic E-state index is 12.9. The summed E-state index contributed by atoms with van der Waals surface area (Å²) in [5.74, 6) is 0.527. The number of piperazine rings is 1. The summed E-state index contributed by atoms with van der Waals surface area (Å²) in [5, 5.41) is 2.01. The molecule has 4 rings (SSSR count). The van der Waals surface area contributed by atoms with Crippen LogP contribution in [0.2, 0.25) is 0 Å². The van der Waals surface area contributed by atoms with Crippen LogP contribution in [0.5, 0.6) is 5.75 Å². The number of sulfonamides is 1. The van der Waals surface area contributed by atoms with Crippen LogP contribution in [0.3, 0.4) is 0 Å². The van der Waals surface area contributed by atoms with Gasteiger partial charge in [0.05, 0.1) is 4.90 Å². The molecule has 1 aliphatic heterocycles. The highest BCUT2D eigenvalue weighted by atomic mass is 32.2. The van der Waals surface area contributed by atoms with Crippen molar-refractivity contribution >= 4 is 26.7 Å². The van der Waals surface area contributed by atoms with Crippen molar-refractivity contribution in [3.63, 3.8) is 0 Å². The second-order valence-corrected chi connectivity index (χ2v) is 9.22. The third-order valence-electron chi connectivity index (χ3n) is 5.33. The summed E-state index contributed by atoms with van der Waals surface area (Å²) >= 11 is 0. The molecule has 0 unspecified atom stereocenters. The number of ether oxygens (including phenoxy) is 1. The summed E-state index contributed by atoms with van der Waals surface area (Å²) in [7, 11) is -3.54. The van der Waals surface area contributed by atoms with E-state index >= 15 is 0 Å². The smallest absolute Gasteiger partial charge is 0.263 e. The first kappa shape index (κ1) is 20.4. The van der Waals surface area contributed by atoms with Gasteiger partial charge in [0.2, 0.25) is 10.0 Å². The largest absolute Gasteiger partial charge is 0.480 e. The number of fused-ring (bicyclic) bond motifs is 1. The van der Waals surface area contributed by atoms with E-state index in [1.54, 1.807) is 42.2 Å². The molecule has 0 spiro atoms. The Kier molecular flexibility index (Phi) is 5.74. The zero-order valence-corrected chi connectivity index (χ0v) is 17.6. The molecule has 0 radical (unpaired) electrons. The van der Waals surface area contributed by atoms with Gasteiger partial charge in [0.1, 0.15) is 5.75 Å². The van der Waals surface area contributed by atoms with E-state index in [4.69, 9.17) is 4.74 Å². The minimum atomic E-state index is -3.54. The predicted octanol–water partition coefficient (Wildman–Crippen LogP) is 3.14. The topological polar surface area (TPSA) is 66.9 Å². The van der Waals surface area contributed by atoms with Gasteiger partial charge in [-0.15, -0.1) is 0 Å². The number of carbonyl (C=O) groups excluding carboxylic acids is 1. The molecule has 0 saturated carbocycles. The van der Waals surface area contributed by atoms with Crippen molar-refractivity contribution in [2.45, 2.75) is 17.9 Å². The number of carbonyl (C=O) groups is 1. The average molecular weight is 425 g/mol. The van der Waals surface area contributed by atoms with Crippen LogP contribution < -0.4 is 4.74 Å². The Bertz CT molecular complexity index is 1130. The van der Waals surface area contributed by atoms with Crippen molar-refractivity contribution < 1.29 is 17.9 Å². The van der Waals surface area contributed by atoms with Crippen molar-refractivity contribution in [3.05, 3.63) is 72.8 Å². The van der Waals surface area contributed by atoms with Gasteiger partial charge in [-0.1, -0.05) is 54.6 Å². The van der Waals surface area contributed by atoms with E-state index in [9.17, 15) is 13.2 Å². The zero-order valence-electron chi connectivity index (χ0n) is 16.8. The summed E-state index contributed by atoms with van der Waals surface area (Å²) in [6, 6.07) is 22.0. The number of rotatable bonds is 5. The maximum absolute atomic E-state index is 12.9. The molecule has 3 aromatic rings. The molecule has 3 aromatic carbocycles. The second kappa shape index (κ2) is 8.45. The average Bonchev–Trinajstić information content (AvgIpc) is 2.79. The van der Waals surface area contributed by atoms with Gasteiger partial charge >= 0.3 is 0 Å². The van der Waals surface area contributed by atoms with Crippen LogP contribution in [0.1, 0.15) is 6.92 Å². The van der Waals surface area contributed by atoms with E-state index in [1.807, 2.05) is 42.5 Å². The summed E-state index contributed by atoms with van der Waals surface area (Å²) < 4.78 is 32.9. The Hall–Kier alpha value is -2.90. The fraction of sp³-hybridized carbons (Fsp3) is 0.261. The van der Waals surface area contributed by atoms with Gasteiger partial charge in [-0.25, -0.2) is 8.42 Å². The Morgan fingerprint density at radius 3 is 2.23 bits per heavy atom. The molecule has 1 atom stereocenters. The fourth-order valence-corrected chi connectivity index (χ4v) is 5.13. The van der Waals surface area contributed by atoms with Crippen molar-refractivity contribution in [1.29, 1.82) is 0 Å². The van der Waals surface area contributed by atoms with Crippen LogP contribution in [0.25, 0.3) is 10.8 Å². The second-order valence-electron chi connectivity index (χ2n) is 7.28. The first-order valence-electron chi connectivity index (χ1n) is 9.95. The summed E-state index contributed by atoms with van der Waals surface area (Å²) in [4.78, 5) is 14.8. The highest BCUT2D eigenvalue weighted by Crippen LogP contribution is 2.26. The van der Waals surface area contributed by atoms with Crippen LogP contribution in [-0.4, -0.2) is 55.8 Å². The molecule has 0 bridgehead atoms. The van der Waals surface area contributed by atoms with Gasteiger partial charge in [0, 0.05) is 31.6 Å². The minimum Gasteiger partial charge on any atom is -0.480 e. The van der Waals surface area contributed by atoms with Crippen molar-refractivity contribution in [2.75, 3.05) is 26.2 Å². The lowest BCUT2D eigenvalue weighted by molar-refractivity contribution is -0.139. The third-order valence-corrected chi connectivity index (χ3v) is 7.25. The first-order valence-corrected chi connectivity index (χ1v) is 11.4. The highest BCUT2D eigenvalue weighted by Gasteiger charge is 2.32. The van der Waals surface area contributed by atoms with E-state index in [1.165, 1.54) is 4.31 Å². The Morgan fingerprint density at radius 1 is 0.867 bits per heavy atom. The molecule has 6 nitrogen and oxygen atoms in total. The van der Waals surface area contributed by atoms with E-state index < -0.39 is 16.1 Å². The molecule has 30 heavy (non-hydrogen) atoms. The van der Waals surface area contributed by atoms with Crippen molar-refractivity contribution in [2.24, 2.45) is 0 Å². The van der Waals surface area contributed by atoms with E-state index in [-0.39, 0.29) is 23.9 Å². The maximum Gasteiger partial charge on any atom is 0.263 e. The van der Waals surface area contributed by atoms with Crippen LogP contribution in [0.4, 0.5) is 0 Å². The van der Waals surface area contributed by atoms with Crippen molar-refractivity contribution in [1.82, 2.24) is 9.21 Å². The summed E-state index contributed by atoms with van der Waals surface area (Å²) in [6.07, 6.45) is -0.659. The van der Waals surface area contributed by atoms with Gasteiger partial charge in [0.15, 0.2) is 6.10 Å². The normalized spacial score (nSPS) is 16.4. The number of hydrogen-bond donors (Lipinski definition) is 0.